The van der Waals surface area contributed by atoms with Gasteiger partial charge in [-0.3, -0.25) is 14.9 Å². The molecule has 0 fully saturated rings. The minimum Gasteiger partial charge on any atom is -0.465 e. The molecule has 1 amide bonds. The molecular weight excluding hydrogens is 336 g/mol. The van der Waals surface area contributed by atoms with Crippen LogP contribution in [0.15, 0.2) is 36.4 Å². The van der Waals surface area contributed by atoms with E-state index in [1.807, 2.05) is 0 Å². The van der Waals surface area contributed by atoms with Gasteiger partial charge in [-0.15, -0.1) is 0 Å². The van der Waals surface area contributed by atoms with E-state index in [1.165, 1.54) is 18.1 Å². The molecule has 0 bridgehead atoms. The van der Waals surface area contributed by atoms with Crippen molar-refractivity contribution in [1.82, 2.24) is 0 Å². The molecule has 0 unspecified atom stereocenters. The Kier molecular flexibility index (Phi) is 4.71. The summed E-state index contributed by atoms with van der Waals surface area (Å²) in [4.78, 5) is 37.5. The zero-order valence-electron chi connectivity index (χ0n) is 14.5. The third-order valence-electron chi connectivity index (χ3n) is 4.55. The van der Waals surface area contributed by atoms with Gasteiger partial charge in [0.05, 0.1) is 17.6 Å². The number of nitro benzene ring substituents is 1. The van der Waals surface area contributed by atoms with Crippen molar-refractivity contribution in [3.05, 3.63) is 68.8 Å². The third-order valence-corrected chi connectivity index (χ3v) is 4.55. The lowest BCUT2D eigenvalue weighted by molar-refractivity contribution is -0.385. The lowest BCUT2D eigenvalue weighted by Crippen LogP contribution is -2.36. The second-order valence-electron chi connectivity index (χ2n) is 6.08. The highest BCUT2D eigenvalue weighted by Gasteiger charge is 2.31. The van der Waals surface area contributed by atoms with Crippen molar-refractivity contribution in [1.29, 1.82) is 0 Å². The number of methoxy groups -OCH3 is 1. The summed E-state index contributed by atoms with van der Waals surface area (Å²) >= 11 is 0. The summed E-state index contributed by atoms with van der Waals surface area (Å²) in [6, 6.07) is 9.79. The van der Waals surface area contributed by atoms with Crippen LogP contribution in [0.1, 0.15) is 38.3 Å². The molecule has 0 atom stereocenters. The molecule has 134 valence electrons. The fraction of sp³-hybridized carbons (Fsp3) is 0.263. The van der Waals surface area contributed by atoms with E-state index in [0.717, 1.165) is 5.56 Å². The second-order valence-corrected chi connectivity index (χ2v) is 6.08. The molecule has 3 rings (SSSR count). The molecule has 0 saturated heterocycles. The van der Waals surface area contributed by atoms with Gasteiger partial charge in [0, 0.05) is 17.8 Å². The predicted octanol–water partition coefficient (Wildman–Crippen LogP) is 3.28. The van der Waals surface area contributed by atoms with Crippen molar-refractivity contribution in [2.45, 2.75) is 19.8 Å². The molecule has 7 nitrogen and oxygen atoms in total. The fourth-order valence-corrected chi connectivity index (χ4v) is 3.36. The van der Waals surface area contributed by atoms with Gasteiger partial charge in [-0.05, 0) is 43.5 Å². The molecule has 1 heterocycles. The number of amides is 1. The summed E-state index contributed by atoms with van der Waals surface area (Å²) in [6.07, 6.45) is 1.30. The molecule has 1 aliphatic rings. The van der Waals surface area contributed by atoms with E-state index in [4.69, 9.17) is 4.74 Å². The van der Waals surface area contributed by atoms with Crippen molar-refractivity contribution in [2.75, 3.05) is 18.6 Å². The van der Waals surface area contributed by atoms with Crippen molar-refractivity contribution in [2.24, 2.45) is 0 Å². The fourth-order valence-electron chi connectivity index (χ4n) is 3.36. The highest BCUT2D eigenvalue weighted by atomic mass is 16.6. The molecule has 0 saturated carbocycles. The minimum absolute atomic E-state index is 0.0475. The number of nitrogens with zero attached hydrogens (tertiary/aromatic N) is 2. The van der Waals surface area contributed by atoms with Gasteiger partial charge >= 0.3 is 5.97 Å². The van der Waals surface area contributed by atoms with Gasteiger partial charge in [0.1, 0.15) is 5.56 Å². The Morgan fingerprint density at radius 3 is 2.54 bits per heavy atom. The molecule has 1 aliphatic heterocycles. The van der Waals surface area contributed by atoms with Crippen LogP contribution < -0.4 is 4.90 Å². The quantitative estimate of drug-likeness (QED) is 0.479. The smallest absolute Gasteiger partial charge is 0.338 e. The molecule has 0 spiro atoms. The molecule has 2 aromatic rings. The maximum atomic E-state index is 13.1. The Morgan fingerprint density at radius 1 is 1.15 bits per heavy atom. The number of hydrogen-bond acceptors (Lipinski definition) is 5. The monoisotopic (exact) mass is 354 g/mol. The first-order valence-electron chi connectivity index (χ1n) is 8.21. The Labute approximate surface area is 150 Å². The topological polar surface area (TPSA) is 89.8 Å². The van der Waals surface area contributed by atoms with Gasteiger partial charge in [0.15, 0.2) is 0 Å². The summed E-state index contributed by atoms with van der Waals surface area (Å²) in [6.45, 7) is 2.04. The van der Waals surface area contributed by atoms with Crippen LogP contribution >= 0.6 is 0 Å². The van der Waals surface area contributed by atoms with Crippen LogP contribution in [0.2, 0.25) is 0 Å². The van der Waals surface area contributed by atoms with Crippen molar-refractivity contribution >= 4 is 23.3 Å². The van der Waals surface area contributed by atoms with Gasteiger partial charge < -0.3 is 9.64 Å². The van der Waals surface area contributed by atoms with Gasteiger partial charge in [0.25, 0.3) is 11.6 Å². The Hall–Kier alpha value is -3.22. The van der Waals surface area contributed by atoms with E-state index >= 15 is 0 Å². The van der Waals surface area contributed by atoms with Crippen molar-refractivity contribution in [3.8, 4) is 0 Å². The molecular formula is C19H18N2O5. The Morgan fingerprint density at radius 2 is 1.85 bits per heavy atom. The summed E-state index contributed by atoms with van der Waals surface area (Å²) in [7, 11) is 1.31. The number of carbonyl (C=O) groups is 2. The molecule has 26 heavy (non-hydrogen) atoms. The Balaban J connectivity index is 2.09. The standard InChI is InChI=1S/C19H18N2O5/c1-12-6-3-8-15(17(12)21(24)25)18(22)20-11-5-9-13-14(19(23)26-2)7-4-10-16(13)20/h3-4,6-8,10H,5,9,11H2,1-2H3. The average molecular weight is 354 g/mol. The molecule has 0 aromatic heterocycles. The van der Waals surface area contributed by atoms with E-state index in [9.17, 15) is 19.7 Å². The number of esters is 1. The van der Waals surface area contributed by atoms with Gasteiger partial charge in [0.2, 0.25) is 0 Å². The molecule has 0 N–H and O–H groups in total. The van der Waals surface area contributed by atoms with Gasteiger partial charge in [-0.2, -0.15) is 0 Å². The zero-order chi connectivity index (χ0) is 18.8. The lowest BCUT2D eigenvalue weighted by Gasteiger charge is -2.30. The summed E-state index contributed by atoms with van der Waals surface area (Å²) in [5, 5.41) is 11.4. The number of carbonyl (C=O) groups excluding carboxylic acids is 2. The molecule has 2 aromatic carbocycles. The van der Waals surface area contributed by atoms with E-state index in [-0.39, 0.29) is 11.3 Å². The summed E-state index contributed by atoms with van der Waals surface area (Å²) < 4.78 is 4.82. The van der Waals surface area contributed by atoms with Crippen molar-refractivity contribution in [3.63, 3.8) is 0 Å². The number of benzene rings is 2. The maximum Gasteiger partial charge on any atom is 0.338 e. The first-order chi connectivity index (χ1) is 12.5. The van der Waals surface area contributed by atoms with Crippen LogP contribution in [0.4, 0.5) is 11.4 Å². The van der Waals surface area contributed by atoms with Crippen LogP contribution in [-0.4, -0.2) is 30.5 Å². The minimum atomic E-state index is -0.529. The average Bonchev–Trinajstić information content (AvgIpc) is 2.65. The SMILES string of the molecule is COC(=O)c1cccc2c1CCCN2C(=O)c1cccc(C)c1[N+](=O)[O-]. The molecule has 0 radical (unpaired) electrons. The number of para-hydroxylation sites is 1. The number of aryl methyl sites for hydroxylation is 1. The second kappa shape index (κ2) is 6.95. The highest BCUT2D eigenvalue weighted by molar-refractivity contribution is 6.10. The first kappa shape index (κ1) is 17.6. The van der Waals surface area contributed by atoms with Gasteiger partial charge in [-0.1, -0.05) is 18.2 Å². The number of ether oxygens (including phenoxy) is 1. The largest absolute Gasteiger partial charge is 0.465 e. The van der Waals surface area contributed by atoms with E-state index in [1.54, 1.807) is 37.3 Å². The van der Waals surface area contributed by atoms with Gasteiger partial charge in [-0.25, -0.2) is 4.79 Å². The molecule has 7 heteroatoms. The van der Waals surface area contributed by atoms with Crippen LogP contribution in [0.3, 0.4) is 0 Å². The predicted molar refractivity (Wildman–Crippen MR) is 95.6 cm³/mol. The van der Waals surface area contributed by atoms with Crippen LogP contribution in [0, 0.1) is 17.0 Å². The summed E-state index contributed by atoms with van der Waals surface area (Å²) in [5.41, 5.74) is 2.04. The molecule has 0 aliphatic carbocycles. The first-order valence-corrected chi connectivity index (χ1v) is 8.21. The maximum absolute atomic E-state index is 13.1. The number of anilines is 1. The van der Waals surface area contributed by atoms with Crippen LogP contribution in [0.5, 0.6) is 0 Å². The van der Waals surface area contributed by atoms with Crippen molar-refractivity contribution < 1.29 is 19.2 Å². The van der Waals surface area contributed by atoms with Crippen LogP contribution in [0.25, 0.3) is 0 Å². The number of rotatable bonds is 3. The zero-order valence-corrected chi connectivity index (χ0v) is 14.5. The number of fused-ring (bicyclic) bond motifs is 1. The lowest BCUT2D eigenvalue weighted by atomic mass is 9.95. The van der Waals surface area contributed by atoms with E-state index in [0.29, 0.717) is 36.2 Å². The van der Waals surface area contributed by atoms with E-state index < -0.39 is 16.8 Å². The number of nitro groups is 1. The normalized spacial score (nSPS) is 13.1. The third kappa shape index (κ3) is 2.92. The number of hydrogen-bond donors (Lipinski definition) is 0. The highest BCUT2D eigenvalue weighted by Crippen LogP contribution is 2.33. The summed E-state index contributed by atoms with van der Waals surface area (Å²) in [5.74, 6) is -0.902. The van der Waals surface area contributed by atoms with Crippen LogP contribution in [-0.2, 0) is 11.2 Å². The van der Waals surface area contributed by atoms with E-state index in [2.05, 4.69) is 0 Å². The Bertz CT molecular complexity index is 907.